The van der Waals surface area contributed by atoms with Crippen molar-refractivity contribution < 1.29 is 28.2 Å². The van der Waals surface area contributed by atoms with Crippen LogP contribution in [0.1, 0.15) is 17.1 Å². The van der Waals surface area contributed by atoms with Gasteiger partial charge in [-0.15, -0.1) is 0 Å². The van der Waals surface area contributed by atoms with Gasteiger partial charge in [0.15, 0.2) is 34.3 Å². The average Bonchev–Trinajstić information content (AvgIpc) is 3.17. The Labute approximate surface area is 224 Å². The molecule has 3 heterocycles. The molecule has 0 radical (unpaired) electrons. The first-order valence-electron chi connectivity index (χ1n) is 11.7. The number of nitrogens with two attached hydrogens (primary N) is 2. The summed E-state index contributed by atoms with van der Waals surface area (Å²) in [5.74, 6) is 4.16. The number of imidazole rings is 1. The molecule has 3 aromatic rings. The monoisotopic (exact) mass is 554 g/mol. The number of nitrogens with one attached hydrogen (secondary N) is 2. The van der Waals surface area contributed by atoms with E-state index in [-0.39, 0.29) is 23.0 Å². The van der Waals surface area contributed by atoms with Crippen molar-refractivity contribution in [3.63, 3.8) is 0 Å². The Kier molecular flexibility index (Phi) is 6.76. The van der Waals surface area contributed by atoms with Crippen molar-refractivity contribution in [3.8, 4) is 11.8 Å². The molecule has 6 N–H and O–H groups in total. The molecule has 2 aliphatic rings. The van der Waals surface area contributed by atoms with Gasteiger partial charge >= 0.3 is 11.9 Å². The van der Waals surface area contributed by atoms with Crippen molar-refractivity contribution in [2.45, 2.75) is 18.6 Å². The highest BCUT2D eigenvalue weighted by atomic mass is 32.1. The van der Waals surface area contributed by atoms with Gasteiger partial charge in [0, 0.05) is 14.1 Å². The number of carbonyl (C=O) groups is 3. The Hall–Kier alpha value is -4.39. The molecule has 1 amide bonds. The molecule has 1 saturated carbocycles. The van der Waals surface area contributed by atoms with Gasteiger partial charge in [-0.25, -0.2) is 15.0 Å². The van der Waals surface area contributed by atoms with E-state index in [9.17, 15) is 18.8 Å². The Bertz CT molecular complexity index is 1600. The fraction of sp³-hybridized carbons (Fsp3) is 0.333. The number of hydrogen-bond acceptors (Lipinski definition) is 12. The van der Waals surface area contributed by atoms with Crippen LogP contribution in [0.5, 0.6) is 0 Å². The zero-order valence-electron chi connectivity index (χ0n) is 20.8. The zero-order chi connectivity index (χ0) is 27.9. The van der Waals surface area contributed by atoms with Crippen molar-refractivity contribution in [2.24, 2.45) is 16.9 Å². The zero-order valence-corrected chi connectivity index (χ0v) is 21.6. The Morgan fingerprint density at radius 2 is 1.92 bits per heavy atom. The van der Waals surface area contributed by atoms with E-state index >= 15 is 0 Å². The van der Waals surface area contributed by atoms with Crippen LogP contribution in [0.2, 0.25) is 0 Å². The number of ether oxygens (including phenoxy) is 2. The number of nitrogens with zero attached hydrogens (tertiary/aromatic N) is 4. The van der Waals surface area contributed by atoms with Gasteiger partial charge in [-0.2, -0.15) is 4.39 Å². The summed E-state index contributed by atoms with van der Waals surface area (Å²) in [6, 6.07) is 2.86. The fourth-order valence-electron chi connectivity index (χ4n) is 4.72. The maximum absolute atomic E-state index is 13.4. The number of rotatable bonds is 7. The topological polar surface area (TPSA) is 189 Å². The second-order valence-electron chi connectivity index (χ2n) is 8.61. The quantitative estimate of drug-likeness (QED) is 0.219. The lowest BCUT2D eigenvalue weighted by atomic mass is 9.96. The molecule has 0 aromatic carbocycles. The molecule has 5 rings (SSSR count). The summed E-state index contributed by atoms with van der Waals surface area (Å²) in [7, 11) is 3.10. The minimum atomic E-state index is -1.27. The van der Waals surface area contributed by atoms with Gasteiger partial charge in [-0.05, 0) is 36.0 Å². The van der Waals surface area contributed by atoms with Crippen LogP contribution in [0.4, 0.5) is 10.2 Å². The highest BCUT2D eigenvalue weighted by Crippen LogP contribution is 2.65. The largest absolute Gasteiger partial charge is 0.455 e. The number of fused-ring (bicyclic) bond motifs is 2. The van der Waals surface area contributed by atoms with Crippen LogP contribution in [0.25, 0.3) is 16.9 Å². The van der Waals surface area contributed by atoms with E-state index < -0.39 is 48.6 Å². The summed E-state index contributed by atoms with van der Waals surface area (Å²) in [5, 5.41) is 5.18. The number of amides is 1. The maximum atomic E-state index is 13.4. The van der Waals surface area contributed by atoms with E-state index in [4.69, 9.17) is 20.9 Å². The van der Waals surface area contributed by atoms with Crippen molar-refractivity contribution in [1.82, 2.24) is 24.8 Å². The molecule has 3 atom stereocenters. The highest BCUT2D eigenvalue weighted by molar-refractivity contribution is 7.10. The molecule has 0 bridgehead atoms. The van der Waals surface area contributed by atoms with Crippen molar-refractivity contribution >= 4 is 51.9 Å². The van der Waals surface area contributed by atoms with Crippen molar-refractivity contribution in [1.29, 1.82) is 0 Å². The minimum Gasteiger partial charge on any atom is -0.455 e. The number of halogens is 1. The van der Waals surface area contributed by atoms with Gasteiger partial charge in [0.25, 0.3) is 0 Å². The minimum absolute atomic E-state index is 0.112. The van der Waals surface area contributed by atoms with Gasteiger partial charge < -0.3 is 31.6 Å². The lowest BCUT2D eigenvalue weighted by Crippen LogP contribution is -2.47. The molecular weight excluding hydrogens is 531 g/mol. The normalized spacial score (nSPS) is 21.2. The van der Waals surface area contributed by atoms with Crippen LogP contribution < -0.4 is 22.1 Å². The Morgan fingerprint density at radius 1 is 1.18 bits per heavy atom. The van der Waals surface area contributed by atoms with E-state index in [1.54, 1.807) is 17.7 Å². The predicted molar refractivity (Wildman–Crippen MR) is 137 cm³/mol. The number of hydrogen-bond donors (Lipinski definition) is 4. The summed E-state index contributed by atoms with van der Waals surface area (Å²) >= 11 is 0.887. The molecule has 15 heteroatoms. The first-order valence-corrected chi connectivity index (χ1v) is 12.5. The molecular formula is C24H23FN8O5S. The molecule has 2 aliphatic carbocycles. The van der Waals surface area contributed by atoms with Crippen LogP contribution in [-0.4, -0.2) is 76.8 Å². The number of thiophene rings is 1. The third-order valence-corrected chi connectivity index (χ3v) is 7.24. The summed E-state index contributed by atoms with van der Waals surface area (Å²) < 4.78 is 26.2. The Balaban J connectivity index is 1.67. The third kappa shape index (κ3) is 4.38. The third-order valence-electron chi connectivity index (χ3n) is 6.45. The second-order valence-corrected chi connectivity index (χ2v) is 9.64. The smallest absolute Gasteiger partial charge is 0.320 e. The van der Waals surface area contributed by atoms with Gasteiger partial charge in [-0.3, -0.25) is 19.0 Å². The van der Waals surface area contributed by atoms with Crippen LogP contribution >= 0.6 is 11.3 Å². The van der Waals surface area contributed by atoms with Gasteiger partial charge in [0.1, 0.15) is 11.7 Å². The molecule has 0 spiro atoms. The van der Waals surface area contributed by atoms with Gasteiger partial charge in [0.2, 0.25) is 11.7 Å². The van der Waals surface area contributed by atoms with Gasteiger partial charge in [-0.1, -0.05) is 11.3 Å². The summed E-state index contributed by atoms with van der Waals surface area (Å²) in [6.45, 7) is -0.880. The molecule has 1 fully saturated rings. The molecule has 39 heavy (non-hydrogen) atoms. The molecule has 0 saturated heterocycles. The van der Waals surface area contributed by atoms with E-state index in [0.717, 1.165) is 11.3 Å². The number of aromatic nitrogens is 4. The van der Waals surface area contributed by atoms with Crippen molar-refractivity contribution in [2.75, 3.05) is 32.5 Å². The summed E-state index contributed by atoms with van der Waals surface area (Å²) in [4.78, 5) is 51.5. The summed E-state index contributed by atoms with van der Waals surface area (Å²) in [6.07, 6.45) is -0.712. The van der Waals surface area contributed by atoms with Crippen LogP contribution in [0, 0.1) is 22.4 Å². The van der Waals surface area contributed by atoms with Crippen LogP contribution in [0.15, 0.2) is 24.0 Å². The lowest BCUT2D eigenvalue weighted by Gasteiger charge is -2.29. The summed E-state index contributed by atoms with van der Waals surface area (Å²) in [5.41, 5.74) is 11.3. The predicted octanol–water partition coefficient (Wildman–Crippen LogP) is -0.430. The van der Waals surface area contributed by atoms with E-state index in [0.29, 0.717) is 27.5 Å². The highest BCUT2D eigenvalue weighted by Gasteiger charge is 2.72. The number of carbonyl (C=O) groups excluding carboxylic acids is 3. The molecule has 3 aromatic heterocycles. The van der Waals surface area contributed by atoms with E-state index in [1.165, 1.54) is 19.4 Å². The lowest BCUT2D eigenvalue weighted by molar-refractivity contribution is -0.168. The first-order chi connectivity index (χ1) is 18.8. The van der Waals surface area contributed by atoms with Crippen LogP contribution in [-0.2, 0) is 23.9 Å². The van der Waals surface area contributed by atoms with E-state index in [2.05, 4.69) is 37.4 Å². The molecule has 0 aliphatic heterocycles. The first kappa shape index (κ1) is 26.2. The van der Waals surface area contributed by atoms with Crippen molar-refractivity contribution in [3.05, 3.63) is 39.9 Å². The average molecular weight is 555 g/mol. The van der Waals surface area contributed by atoms with Gasteiger partial charge in [0.05, 0.1) is 23.7 Å². The van der Waals surface area contributed by atoms with E-state index in [1.807, 2.05) is 0 Å². The standard InChI is InChI=1S/C24H23FN8O5S/c1-28-21-17-22(32-14(31-21)6-4-11-3-5-13(25)39-11)33(10-30-17)18-12-7-24(12,23(36)29-2)20(38-16(35)9-27)19(18)37-15(34)8-26/h3,5,10,19-20H,7-9,26-27H2,1-2H3,(H,29,36)(H,28,31,32)/t19-,20-,24-/m0/s1. The number of anilines is 1. The maximum Gasteiger partial charge on any atom is 0.320 e. The molecule has 13 nitrogen and oxygen atoms in total. The molecule has 0 unspecified atom stereocenters. The van der Waals surface area contributed by atoms with Crippen LogP contribution in [0.3, 0.4) is 0 Å². The SMILES string of the molecule is CNC(=O)[C@@]12CC1=C(n1cnc3c(NC)nc(C#Cc4ccc(F)s4)nc31)[C@H](OC(=O)CN)[C@@H]2OC(=O)CN. The molecule has 202 valence electrons. The number of esters is 2. The Morgan fingerprint density at radius 3 is 2.56 bits per heavy atom. The fourth-order valence-corrected chi connectivity index (χ4v) is 5.30. The second kappa shape index (κ2) is 10.1.